The first kappa shape index (κ1) is 32.2. The zero-order chi connectivity index (χ0) is 32.9. The van der Waals surface area contributed by atoms with Crippen LogP contribution in [0.15, 0.2) is 94.5 Å². The van der Waals surface area contributed by atoms with Crippen molar-refractivity contribution < 1.29 is 23.5 Å². The number of nitrogens with zero attached hydrogens (tertiary/aromatic N) is 5. The van der Waals surface area contributed by atoms with Gasteiger partial charge in [-0.3, -0.25) is 14.2 Å². The number of carbonyl (C=O) groups is 2. The molecule has 0 fully saturated rings. The van der Waals surface area contributed by atoms with Crippen molar-refractivity contribution in [1.29, 1.82) is 0 Å². The molecular weight excluding hydrogens is 663 g/mol. The summed E-state index contributed by atoms with van der Waals surface area (Å²) < 4.78 is 26.1. The number of ether oxygens (including phenoxy) is 2. The highest BCUT2D eigenvalue weighted by molar-refractivity contribution is 7.99. The Kier molecular flexibility index (Phi) is 9.85. The van der Waals surface area contributed by atoms with E-state index in [0.717, 1.165) is 16.2 Å². The molecule has 0 saturated carbocycles. The molecule has 3 aromatic carbocycles. The molecule has 2 aromatic heterocycles. The average molecular weight is 691 g/mol. The fraction of sp³-hybridized carbons (Fsp3) is 0.182. The largest absolute Gasteiger partial charge is 0.497 e. The third kappa shape index (κ3) is 7.32. The maximum absolute atomic E-state index is 13.7. The average Bonchev–Trinajstić information content (AvgIpc) is 3.86. The second kappa shape index (κ2) is 14.4. The minimum atomic E-state index is -0.382. The van der Waals surface area contributed by atoms with E-state index in [0.29, 0.717) is 45.2 Å². The molecule has 0 unspecified atom stereocenters. The van der Waals surface area contributed by atoms with E-state index in [1.807, 2.05) is 23.6 Å². The third-order valence-electron chi connectivity index (χ3n) is 7.34. The van der Waals surface area contributed by atoms with E-state index < -0.39 is 0 Å². The number of amides is 2. The Morgan fingerprint density at radius 2 is 1.79 bits per heavy atom. The number of nitrogens with one attached hydrogen (secondary N) is 1. The molecule has 3 heterocycles. The lowest BCUT2D eigenvalue weighted by Gasteiger charge is -2.22. The van der Waals surface area contributed by atoms with E-state index in [4.69, 9.17) is 26.2 Å². The van der Waals surface area contributed by atoms with Crippen LogP contribution in [0.4, 0.5) is 4.39 Å². The molecule has 10 nitrogen and oxygen atoms in total. The highest BCUT2D eigenvalue weighted by atomic mass is 35.5. The van der Waals surface area contributed by atoms with Crippen molar-refractivity contribution >= 4 is 52.2 Å². The van der Waals surface area contributed by atoms with Crippen LogP contribution in [0.5, 0.6) is 11.5 Å². The van der Waals surface area contributed by atoms with Crippen molar-refractivity contribution in [2.24, 2.45) is 5.10 Å². The van der Waals surface area contributed by atoms with Crippen LogP contribution in [-0.2, 0) is 11.3 Å². The number of hydrazone groups is 1. The molecule has 47 heavy (non-hydrogen) atoms. The van der Waals surface area contributed by atoms with Gasteiger partial charge in [-0.2, -0.15) is 5.10 Å². The summed E-state index contributed by atoms with van der Waals surface area (Å²) in [6.45, 7) is 0.0274. The fourth-order valence-corrected chi connectivity index (χ4v) is 6.78. The van der Waals surface area contributed by atoms with E-state index in [-0.39, 0.29) is 36.0 Å². The molecule has 1 atom stereocenters. The minimum absolute atomic E-state index is 0.00637. The Morgan fingerprint density at radius 3 is 2.47 bits per heavy atom. The molecule has 240 valence electrons. The van der Waals surface area contributed by atoms with Crippen molar-refractivity contribution in [3.05, 3.63) is 117 Å². The van der Waals surface area contributed by atoms with Crippen LogP contribution in [0.25, 0.3) is 5.69 Å². The van der Waals surface area contributed by atoms with Gasteiger partial charge in [0.2, 0.25) is 0 Å². The smallest absolute Gasteiger partial charge is 0.253 e. The summed E-state index contributed by atoms with van der Waals surface area (Å²) in [7, 11) is 3.02. The highest BCUT2D eigenvalue weighted by Gasteiger charge is 2.34. The summed E-state index contributed by atoms with van der Waals surface area (Å²) in [4.78, 5) is 27.8. The van der Waals surface area contributed by atoms with Crippen LogP contribution in [0.2, 0.25) is 5.02 Å². The van der Waals surface area contributed by atoms with Gasteiger partial charge in [0, 0.05) is 23.1 Å². The molecule has 6 rings (SSSR count). The normalized spacial score (nSPS) is 14.2. The van der Waals surface area contributed by atoms with E-state index >= 15 is 0 Å². The molecular formula is C33H28ClFN6O4S2. The number of carbonyl (C=O) groups excluding carboxylic acids is 2. The van der Waals surface area contributed by atoms with Crippen molar-refractivity contribution in [3.8, 4) is 17.2 Å². The van der Waals surface area contributed by atoms with E-state index in [1.165, 1.54) is 43.1 Å². The topological polar surface area (TPSA) is 111 Å². The molecule has 14 heteroatoms. The molecule has 1 aliphatic rings. The van der Waals surface area contributed by atoms with Crippen LogP contribution in [0.3, 0.4) is 0 Å². The van der Waals surface area contributed by atoms with Crippen molar-refractivity contribution in [1.82, 2.24) is 25.1 Å². The number of methoxy groups -OCH3 is 2. The minimum Gasteiger partial charge on any atom is -0.497 e. The third-order valence-corrected chi connectivity index (χ3v) is 9.41. The van der Waals surface area contributed by atoms with Gasteiger partial charge in [0.25, 0.3) is 11.8 Å². The molecule has 2 amide bonds. The molecule has 1 N–H and O–H groups in total. The molecule has 0 aliphatic carbocycles. The van der Waals surface area contributed by atoms with Gasteiger partial charge in [0.05, 0.1) is 48.8 Å². The molecule has 0 saturated heterocycles. The van der Waals surface area contributed by atoms with Gasteiger partial charge in [0.1, 0.15) is 17.3 Å². The second-order valence-corrected chi connectivity index (χ2v) is 12.6. The summed E-state index contributed by atoms with van der Waals surface area (Å²) in [6.07, 6.45) is 0.504. The number of benzene rings is 3. The van der Waals surface area contributed by atoms with Crippen molar-refractivity contribution in [2.75, 3.05) is 20.0 Å². The fourth-order valence-electron chi connectivity index (χ4n) is 5.05. The lowest BCUT2D eigenvalue weighted by Crippen LogP contribution is -2.28. The first-order chi connectivity index (χ1) is 22.8. The maximum Gasteiger partial charge on any atom is 0.253 e. The number of thiophene rings is 1. The number of halogens is 2. The number of thioether (sulfide) groups is 1. The van der Waals surface area contributed by atoms with Crippen molar-refractivity contribution in [3.63, 3.8) is 0 Å². The number of hydrogen-bond acceptors (Lipinski definition) is 9. The highest BCUT2D eigenvalue weighted by Crippen LogP contribution is 2.35. The Bertz CT molecular complexity index is 1910. The summed E-state index contributed by atoms with van der Waals surface area (Å²) in [6, 6.07) is 21.7. The SMILES string of the molecule is COc1cc(OC)cc(C(=O)NCc2nnc(SCC(=O)N3N=C(c4cccs4)C[C@H]3c3ccc(F)cc3)n2-c2cccc(Cl)c2)c1. The van der Waals surface area contributed by atoms with E-state index in [1.54, 1.807) is 64.4 Å². The molecule has 5 aromatic rings. The summed E-state index contributed by atoms with van der Waals surface area (Å²) >= 11 is 9.06. The number of rotatable bonds is 11. The Labute approximate surface area is 283 Å². The van der Waals surface area contributed by atoms with Gasteiger partial charge in [-0.05, 0) is 59.5 Å². The first-order valence-electron chi connectivity index (χ1n) is 14.4. The molecule has 0 bridgehead atoms. The van der Waals surface area contributed by atoms with Crippen LogP contribution >= 0.6 is 34.7 Å². The number of hydrogen-bond donors (Lipinski definition) is 1. The number of aromatic nitrogens is 3. The molecule has 1 aliphatic heterocycles. The molecule has 0 radical (unpaired) electrons. The predicted octanol–water partition coefficient (Wildman–Crippen LogP) is 6.54. The van der Waals surface area contributed by atoms with Crippen LogP contribution in [0, 0.1) is 5.82 Å². The van der Waals surface area contributed by atoms with Gasteiger partial charge < -0.3 is 14.8 Å². The van der Waals surface area contributed by atoms with Gasteiger partial charge >= 0.3 is 0 Å². The molecule has 0 spiro atoms. The summed E-state index contributed by atoms with van der Waals surface area (Å²) in [5.41, 5.74) is 2.59. The van der Waals surface area contributed by atoms with Crippen LogP contribution in [0.1, 0.15) is 39.1 Å². The van der Waals surface area contributed by atoms with Gasteiger partial charge in [-0.25, -0.2) is 9.40 Å². The Hall–Kier alpha value is -4.72. The monoisotopic (exact) mass is 690 g/mol. The van der Waals surface area contributed by atoms with Gasteiger partial charge in [0.15, 0.2) is 11.0 Å². The van der Waals surface area contributed by atoms with Gasteiger partial charge in [-0.1, -0.05) is 47.6 Å². The maximum atomic E-state index is 13.7. The Balaban J connectivity index is 1.23. The second-order valence-electron chi connectivity index (χ2n) is 10.3. The van der Waals surface area contributed by atoms with E-state index in [2.05, 4.69) is 15.5 Å². The zero-order valence-electron chi connectivity index (χ0n) is 25.2. The Morgan fingerprint density at radius 1 is 1.02 bits per heavy atom. The van der Waals surface area contributed by atoms with Crippen molar-refractivity contribution in [2.45, 2.75) is 24.2 Å². The summed E-state index contributed by atoms with van der Waals surface area (Å²) in [5, 5.41) is 20.6. The lowest BCUT2D eigenvalue weighted by molar-refractivity contribution is -0.130. The standard InChI is InChI=1S/C33H28ClFN6O4S2/c1-44-25-13-21(14-26(16-25)45-2)32(43)36-18-30-37-38-33(40(30)24-6-3-5-22(34)15-24)47-19-31(42)41-28(20-8-10-23(35)11-9-20)17-27(39-41)29-7-4-12-46-29/h3-16,28H,17-19H2,1-2H3,(H,36,43)/t28-/m0/s1. The van der Waals surface area contributed by atoms with Gasteiger partial charge in [-0.15, -0.1) is 21.5 Å². The predicted molar refractivity (Wildman–Crippen MR) is 179 cm³/mol. The van der Waals surface area contributed by atoms with Crippen LogP contribution < -0.4 is 14.8 Å². The zero-order valence-corrected chi connectivity index (χ0v) is 27.6. The summed E-state index contributed by atoms with van der Waals surface area (Å²) in [5.74, 6) is 0.404. The van der Waals surface area contributed by atoms with Crippen LogP contribution in [-0.4, -0.2) is 57.3 Å². The van der Waals surface area contributed by atoms with E-state index in [9.17, 15) is 14.0 Å². The first-order valence-corrected chi connectivity index (χ1v) is 16.6. The lowest BCUT2D eigenvalue weighted by atomic mass is 10.0. The quantitative estimate of drug-likeness (QED) is 0.157.